The number of fused-ring (bicyclic) bond motifs is 2. The van der Waals surface area contributed by atoms with Gasteiger partial charge in [0.25, 0.3) is 0 Å². The summed E-state index contributed by atoms with van der Waals surface area (Å²) in [5.41, 5.74) is 4.23. The fraction of sp³-hybridized carbons (Fsp3) is 0. The fourth-order valence-corrected chi connectivity index (χ4v) is 5.17. The summed E-state index contributed by atoms with van der Waals surface area (Å²) in [6.45, 7) is 0. The minimum absolute atomic E-state index is 0. The van der Waals surface area contributed by atoms with E-state index in [2.05, 4.69) is 24.3 Å². The molecule has 0 saturated heterocycles. The average Bonchev–Trinajstić information content (AvgIpc) is 2.98. The Hall–Kier alpha value is -4.12. The molecule has 0 saturated carbocycles. The first-order chi connectivity index (χ1) is 19.5. The topological polar surface area (TPSA) is 65.2 Å². The van der Waals surface area contributed by atoms with Crippen LogP contribution < -0.4 is 0 Å². The zero-order chi connectivity index (χ0) is 27.6. The molecule has 6 aromatic rings. The molecule has 0 fully saturated rings. The van der Waals surface area contributed by atoms with Crippen LogP contribution in [0.2, 0.25) is 10.0 Å². The molecule has 0 heterocycles. The molecule has 41 heavy (non-hydrogen) atoms. The third-order valence-electron chi connectivity index (χ3n) is 6.79. The van der Waals surface area contributed by atoms with Gasteiger partial charge in [-0.15, -0.1) is 0 Å². The molecule has 0 aliphatic heterocycles. The molecule has 0 spiro atoms. The third kappa shape index (κ3) is 5.58. The van der Waals surface area contributed by atoms with Crippen molar-refractivity contribution in [1.29, 1.82) is 0 Å². The Morgan fingerprint density at radius 2 is 0.902 bits per heavy atom. The van der Waals surface area contributed by atoms with Crippen LogP contribution in [0.3, 0.4) is 0 Å². The van der Waals surface area contributed by atoms with Gasteiger partial charge in [0, 0.05) is 51.8 Å². The van der Waals surface area contributed by atoms with Crippen LogP contribution in [-0.4, -0.2) is 22.6 Å². The van der Waals surface area contributed by atoms with Crippen LogP contribution in [0.5, 0.6) is 11.5 Å². The van der Waals surface area contributed by atoms with Crippen LogP contribution >= 0.6 is 23.2 Å². The Morgan fingerprint density at radius 3 is 1.34 bits per heavy atom. The van der Waals surface area contributed by atoms with Crippen LogP contribution in [0.25, 0.3) is 32.7 Å². The molecular weight excluding hydrogens is 603 g/mol. The number of aliphatic imine (C=N–C) groups is 2. The van der Waals surface area contributed by atoms with Crippen LogP contribution in [0, 0.1) is 0 Å². The third-order valence-corrected chi connectivity index (χ3v) is 7.40. The monoisotopic (exact) mass is 623 g/mol. The van der Waals surface area contributed by atoms with Gasteiger partial charge in [0.1, 0.15) is 11.5 Å². The molecule has 1 radical (unpaired) electrons. The molecule has 0 aliphatic carbocycles. The zero-order valence-corrected chi connectivity index (χ0v) is 23.8. The summed E-state index contributed by atoms with van der Waals surface area (Å²) in [5, 5.41) is 25.6. The van der Waals surface area contributed by atoms with Crippen LogP contribution in [0.1, 0.15) is 11.1 Å². The Bertz CT molecular complexity index is 1830. The van der Waals surface area contributed by atoms with Crippen molar-refractivity contribution in [3.8, 4) is 22.6 Å². The van der Waals surface area contributed by atoms with E-state index in [-0.39, 0.29) is 38.6 Å². The van der Waals surface area contributed by atoms with E-state index in [1.807, 2.05) is 48.5 Å². The van der Waals surface area contributed by atoms with Crippen molar-refractivity contribution in [3.63, 3.8) is 0 Å². The summed E-state index contributed by atoms with van der Waals surface area (Å²) in [6.07, 6.45) is 3.24. The van der Waals surface area contributed by atoms with E-state index in [1.165, 1.54) is 0 Å². The van der Waals surface area contributed by atoms with E-state index in [0.29, 0.717) is 22.5 Å². The second kappa shape index (κ2) is 12.2. The van der Waals surface area contributed by atoms with Gasteiger partial charge in [0.15, 0.2) is 0 Å². The van der Waals surface area contributed by atoms with E-state index >= 15 is 0 Å². The van der Waals surface area contributed by atoms with E-state index in [4.69, 9.17) is 33.2 Å². The molecule has 0 unspecified atom stereocenters. The number of halogens is 2. The minimum Gasteiger partial charge on any atom is -0.506 e. The van der Waals surface area contributed by atoms with Crippen molar-refractivity contribution in [2.24, 2.45) is 9.98 Å². The molecule has 0 aromatic heterocycles. The summed E-state index contributed by atoms with van der Waals surface area (Å²) < 4.78 is 0. The summed E-state index contributed by atoms with van der Waals surface area (Å²) in [7, 11) is 0. The van der Waals surface area contributed by atoms with E-state index in [9.17, 15) is 10.2 Å². The Morgan fingerprint density at radius 1 is 0.488 bits per heavy atom. The maximum Gasteiger partial charge on any atom is 0.142 e. The zero-order valence-electron chi connectivity index (χ0n) is 21.4. The maximum atomic E-state index is 10.5. The van der Waals surface area contributed by atoms with Crippen LogP contribution in [0.4, 0.5) is 11.4 Å². The number of phenols is 2. The quantitative estimate of drug-likeness (QED) is 0.148. The van der Waals surface area contributed by atoms with E-state index in [0.717, 1.165) is 32.7 Å². The molecule has 205 valence electrons. The maximum absolute atomic E-state index is 10.5. The molecular formula is C34H22Cl2CuN2O2. The average molecular weight is 625 g/mol. The van der Waals surface area contributed by atoms with Gasteiger partial charge in [-0.25, -0.2) is 0 Å². The van der Waals surface area contributed by atoms with Crippen molar-refractivity contribution < 1.29 is 27.3 Å². The predicted octanol–water partition coefficient (Wildman–Crippen LogP) is 9.88. The summed E-state index contributed by atoms with van der Waals surface area (Å²) in [6, 6.07) is 34.6. The predicted molar refractivity (Wildman–Crippen MR) is 168 cm³/mol. The number of hydrogen-bond acceptors (Lipinski definition) is 4. The smallest absolute Gasteiger partial charge is 0.142 e. The fourth-order valence-electron chi connectivity index (χ4n) is 4.81. The molecule has 0 amide bonds. The summed E-state index contributed by atoms with van der Waals surface area (Å²) in [5.74, 6) is -0.0425. The van der Waals surface area contributed by atoms with Gasteiger partial charge in [-0.2, -0.15) is 0 Å². The molecule has 0 aliphatic rings. The van der Waals surface area contributed by atoms with Crippen molar-refractivity contribution >= 4 is 68.6 Å². The molecule has 7 heteroatoms. The Labute approximate surface area is 257 Å². The van der Waals surface area contributed by atoms with Gasteiger partial charge < -0.3 is 10.2 Å². The molecule has 4 nitrogen and oxygen atoms in total. The van der Waals surface area contributed by atoms with Crippen molar-refractivity contribution in [2.75, 3.05) is 0 Å². The van der Waals surface area contributed by atoms with Gasteiger partial charge in [-0.05, 0) is 57.9 Å². The number of phenolic OH excluding ortho intramolecular Hbond substituents is 2. The van der Waals surface area contributed by atoms with Gasteiger partial charge in [-0.1, -0.05) is 96.0 Å². The number of nitrogens with zero attached hydrogens (tertiary/aromatic N) is 2. The largest absolute Gasteiger partial charge is 0.506 e. The van der Waals surface area contributed by atoms with Gasteiger partial charge in [0.05, 0.1) is 21.4 Å². The first-order valence-electron chi connectivity index (χ1n) is 12.6. The van der Waals surface area contributed by atoms with Crippen LogP contribution in [-0.2, 0) is 17.1 Å². The second-order valence-electron chi connectivity index (χ2n) is 9.23. The first kappa shape index (κ1) is 28.4. The number of para-hydroxylation sites is 2. The molecule has 2 N–H and O–H groups in total. The number of rotatable bonds is 5. The minimum atomic E-state index is -0.0213. The van der Waals surface area contributed by atoms with Crippen LogP contribution in [0.15, 0.2) is 119 Å². The molecule has 6 rings (SSSR count). The van der Waals surface area contributed by atoms with Crippen molar-refractivity contribution in [3.05, 3.63) is 130 Å². The van der Waals surface area contributed by atoms with Crippen molar-refractivity contribution in [2.45, 2.75) is 0 Å². The summed E-state index contributed by atoms with van der Waals surface area (Å²) in [4.78, 5) is 9.69. The second-order valence-corrected chi connectivity index (χ2v) is 10.0. The van der Waals surface area contributed by atoms with Gasteiger partial charge in [0.2, 0.25) is 0 Å². The standard InChI is InChI=1S/C34H22Cl2N2O2.Cu/c35-27-13-5-9-23(33(27)39)19-37-29-17-15-21-7-1-3-11-25(21)31(29)32-26-12-4-2-8-22(26)16-18-30(32)38-20-24-10-6-14-28(36)34(24)40;/h1-20,39-40H;. The normalized spacial score (nSPS) is 11.5. The number of benzene rings is 6. The van der Waals surface area contributed by atoms with E-state index in [1.54, 1.807) is 48.8 Å². The Balaban J connectivity index is 0.00000337. The Kier molecular flexibility index (Phi) is 8.44. The molecule has 0 bridgehead atoms. The first-order valence-corrected chi connectivity index (χ1v) is 13.3. The number of hydrogen-bond donors (Lipinski definition) is 2. The van der Waals surface area contributed by atoms with Gasteiger partial charge >= 0.3 is 0 Å². The SMILES string of the molecule is Oc1c(Cl)cccc1C=Nc1ccc2ccccc2c1-c1c(N=Cc2cccc(Cl)c2O)ccc2ccccc12.[Cu]. The number of aromatic hydroxyl groups is 2. The molecule has 0 atom stereocenters. The van der Waals surface area contributed by atoms with E-state index < -0.39 is 0 Å². The van der Waals surface area contributed by atoms with Crippen molar-refractivity contribution in [1.82, 2.24) is 0 Å². The summed E-state index contributed by atoms with van der Waals surface area (Å²) >= 11 is 12.3. The molecule has 6 aromatic carbocycles. The van der Waals surface area contributed by atoms with Gasteiger partial charge in [-0.3, -0.25) is 9.98 Å².